The van der Waals surface area contributed by atoms with Gasteiger partial charge in [0.25, 0.3) is 0 Å². The van der Waals surface area contributed by atoms with Crippen LogP contribution >= 0.6 is 15.9 Å². The first-order valence-corrected chi connectivity index (χ1v) is 6.65. The highest BCUT2D eigenvalue weighted by Crippen LogP contribution is 2.17. The number of nitrogens with zero attached hydrogens (tertiary/aromatic N) is 2. The zero-order valence-electron chi connectivity index (χ0n) is 10.4. The van der Waals surface area contributed by atoms with Gasteiger partial charge in [0, 0.05) is 29.8 Å². The number of hydrogen-bond acceptors (Lipinski definition) is 2. The Hall–Kier alpha value is -0.540. The van der Waals surface area contributed by atoms with E-state index in [9.17, 15) is 0 Å². The van der Waals surface area contributed by atoms with Gasteiger partial charge in [-0.3, -0.25) is 0 Å². The lowest BCUT2D eigenvalue weighted by molar-refractivity contribution is 0.359. The third-order valence-corrected chi connectivity index (χ3v) is 3.39. The normalized spacial score (nSPS) is 10.8. The van der Waals surface area contributed by atoms with Crippen LogP contribution in [0.15, 0.2) is 28.7 Å². The van der Waals surface area contributed by atoms with Crippen molar-refractivity contribution in [2.24, 2.45) is 0 Å². The van der Waals surface area contributed by atoms with Gasteiger partial charge < -0.3 is 9.80 Å². The van der Waals surface area contributed by atoms with E-state index in [4.69, 9.17) is 0 Å². The van der Waals surface area contributed by atoms with Crippen molar-refractivity contribution in [1.29, 1.82) is 0 Å². The molecule has 0 spiro atoms. The van der Waals surface area contributed by atoms with E-state index < -0.39 is 0 Å². The molecular weight excluding hydrogens is 264 g/mol. The van der Waals surface area contributed by atoms with Crippen LogP contribution in [0, 0.1) is 0 Å². The topological polar surface area (TPSA) is 6.48 Å². The Bertz CT molecular complexity index is 297. The summed E-state index contributed by atoms with van der Waals surface area (Å²) in [7, 11) is 2.16. The fraction of sp³-hybridized carbons (Fsp3) is 0.538. The van der Waals surface area contributed by atoms with Crippen molar-refractivity contribution in [3.63, 3.8) is 0 Å². The van der Waals surface area contributed by atoms with E-state index in [2.05, 4.69) is 70.9 Å². The fourth-order valence-electron chi connectivity index (χ4n) is 1.57. The first-order valence-electron chi connectivity index (χ1n) is 5.86. The van der Waals surface area contributed by atoms with Crippen LogP contribution in [0.2, 0.25) is 0 Å². The first kappa shape index (κ1) is 13.5. The maximum atomic E-state index is 3.46. The molecule has 0 bridgehead atoms. The first-order chi connectivity index (χ1) is 7.67. The summed E-state index contributed by atoms with van der Waals surface area (Å²) >= 11 is 3.46. The van der Waals surface area contributed by atoms with Crippen molar-refractivity contribution in [2.75, 3.05) is 38.1 Å². The summed E-state index contributed by atoms with van der Waals surface area (Å²) in [6.45, 7) is 8.75. The van der Waals surface area contributed by atoms with Crippen LogP contribution < -0.4 is 4.90 Å². The number of rotatable bonds is 6. The van der Waals surface area contributed by atoms with Gasteiger partial charge >= 0.3 is 0 Å². The van der Waals surface area contributed by atoms with E-state index in [1.54, 1.807) is 0 Å². The number of hydrogen-bond donors (Lipinski definition) is 0. The summed E-state index contributed by atoms with van der Waals surface area (Å²) in [5, 5.41) is 0. The summed E-state index contributed by atoms with van der Waals surface area (Å²) in [5.41, 5.74) is 1.30. The molecule has 2 nitrogen and oxygen atoms in total. The average Bonchev–Trinajstić information content (AvgIpc) is 2.31. The minimum absolute atomic E-state index is 1.05. The molecule has 1 aromatic carbocycles. The Labute approximate surface area is 107 Å². The molecule has 0 aliphatic heterocycles. The van der Waals surface area contributed by atoms with Crippen LogP contribution in [0.3, 0.4) is 0 Å². The van der Waals surface area contributed by atoms with E-state index >= 15 is 0 Å². The molecule has 1 rings (SSSR count). The van der Waals surface area contributed by atoms with Gasteiger partial charge in [0.15, 0.2) is 0 Å². The zero-order valence-corrected chi connectivity index (χ0v) is 12.0. The van der Waals surface area contributed by atoms with Gasteiger partial charge in [-0.15, -0.1) is 0 Å². The second-order valence-corrected chi connectivity index (χ2v) is 4.87. The predicted molar refractivity (Wildman–Crippen MR) is 75.2 cm³/mol. The number of anilines is 1. The number of likely N-dealkylation sites (N-methyl/N-ethyl adjacent to an activating group) is 2. The quantitative estimate of drug-likeness (QED) is 0.791. The summed E-state index contributed by atoms with van der Waals surface area (Å²) < 4.78 is 1.14. The van der Waals surface area contributed by atoms with Crippen LogP contribution in [0.1, 0.15) is 13.8 Å². The van der Waals surface area contributed by atoms with Crippen LogP contribution in [-0.2, 0) is 0 Å². The Morgan fingerprint density at radius 1 is 1.00 bits per heavy atom. The molecule has 3 heteroatoms. The Kier molecular flexibility index (Phi) is 5.85. The molecule has 0 aliphatic rings. The molecule has 0 aliphatic carbocycles. The molecule has 90 valence electrons. The molecule has 16 heavy (non-hydrogen) atoms. The SMILES string of the molecule is CCN(C)CCN(CC)c1ccc(Br)cc1. The Morgan fingerprint density at radius 2 is 1.62 bits per heavy atom. The smallest absolute Gasteiger partial charge is 0.0367 e. The highest BCUT2D eigenvalue weighted by molar-refractivity contribution is 9.10. The third-order valence-electron chi connectivity index (χ3n) is 2.86. The maximum absolute atomic E-state index is 3.46. The van der Waals surface area contributed by atoms with Crippen molar-refractivity contribution in [2.45, 2.75) is 13.8 Å². The molecule has 0 aromatic heterocycles. The molecule has 0 saturated heterocycles. The molecular formula is C13H21BrN2. The molecule has 0 unspecified atom stereocenters. The van der Waals surface area contributed by atoms with E-state index in [1.807, 2.05) is 0 Å². The van der Waals surface area contributed by atoms with E-state index in [0.29, 0.717) is 0 Å². The average molecular weight is 285 g/mol. The lowest BCUT2D eigenvalue weighted by Gasteiger charge is -2.25. The van der Waals surface area contributed by atoms with Crippen LogP contribution in [0.25, 0.3) is 0 Å². The monoisotopic (exact) mass is 284 g/mol. The van der Waals surface area contributed by atoms with Gasteiger partial charge in [0.05, 0.1) is 0 Å². The van der Waals surface area contributed by atoms with Crippen molar-refractivity contribution < 1.29 is 0 Å². The van der Waals surface area contributed by atoms with E-state index in [1.165, 1.54) is 5.69 Å². The van der Waals surface area contributed by atoms with E-state index in [-0.39, 0.29) is 0 Å². The third kappa shape index (κ3) is 4.14. The van der Waals surface area contributed by atoms with Gasteiger partial charge in [-0.1, -0.05) is 22.9 Å². The maximum Gasteiger partial charge on any atom is 0.0367 e. The van der Waals surface area contributed by atoms with Crippen LogP contribution in [0.5, 0.6) is 0 Å². The lowest BCUT2D eigenvalue weighted by Crippen LogP contribution is -2.33. The molecule has 0 radical (unpaired) electrons. The molecule has 1 aromatic rings. The second-order valence-electron chi connectivity index (χ2n) is 3.95. The summed E-state index contributed by atoms with van der Waals surface area (Å²) in [6, 6.07) is 8.53. The highest BCUT2D eigenvalue weighted by Gasteiger charge is 2.04. The fourth-order valence-corrected chi connectivity index (χ4v) is 1.84. The number of halogens is 1. The Morgan fingerprint density at radius 3 is 2.12 bits per heavy atom. The molecule has 0 fully saturated rings. The van der Waals surface area contributed by atoms with Gasteiger partial charge in [-0.2, -0.15) is 0 Å². The largest absolute Gasteiger partial charge is 0.371 e. The minimum Gasteiger partial charge on any atom is -0.371 e. The van der Waals surface area contributed by atoms with Crippen molar-refractivity contribution >= 4 is 21.6 Å². The predicted octanol–water partition coefficient (Wildman–Crippen LogP) is 3.23. The number of benzene rings is 1. The molecule has 0 saturated carbocycles. The van der Waals surface area contributed by atoms with Gasteiger partial charge in [-0.05, 0) is 44.8 Å². The van der Waals surface area contributed by atoms with Crippen LogP contribution in [0.4, 0.5) is 5.69 Å². The van der Waals surface area contributed by atoms with Gasteiger partial charge in [0.2, 0.25) is 0 Å². The van der Waals surface area contributed by atoms with Crippen LogP contribution in [-0.4, -0.2) is 38.1 Å². The highest BCUT2D eigenvalue weighted by atomic mass is 79.9. The van der Waals surface area contributed by atoms with Gasteiger partial charge in [0.1, 0.15) is 0 Å². The Balaban J connectivity index is 2.57. The van der Waals surface area contributed by atoms with Crippen molar-refractivity contribution in [3.8, 4) is 0 Å². The zero-order chi connectivity index (χ0) is 12.0. The second kappa shape index (κ2) is 6.92. The molecule has 0 amide bonds. The molecule has 0 N–H and O–H groups in total. The standard InChI is InChI=1S/C13H21BrN2/c1-4-15(3)10-11-16(5-2)13-8-6-12(14)7-9-13/h6-9H,4-5,10-11H2,1-3H3. The van der Waals surface area contributed by atoms with Crippen molar-refractivity contribution in [1.82, 2.24) is 4.90 Å². The summed E-state index contributed by atoms with van der Waals surface area (Å²) in [4.78, 5) is 4.74. The van der Waals surface area contributed by atoms with Crippen molar-refractivity contribution in [3.05, 3.63) is 28.7 Å². The molecule has 0 atom stereocenters. The summed E-state index contributed by atoms with van der Waals surface area (Å²) in [6.07, 6.45) is 0. The molecule has 0 heterocycles. The summed E-state index contributed by atoms with van der Waals surface area (Å²) in [5.74, 6) is 0. The lowest BCUT2D eigenvalue weighted by atomic mass is 10.3. The van der Waals surface area contributed by atoms with E-state index in [0.717, 1.165) is 30.7 Å². The minimum atomic E-state index is 1.05. The van der Waals surface area contributed by atoms with Gasteiger partial charge in [-0.25, -0.2) is 0 Å².